The summed E-state index contributed by atoms with van der Waals surface area (Å²) >= 11 is 0. The molecule has 2 rings (SSSR count). The zero-order valence-corrected chi connectivity index (χ0v) is 10.4. The molecule has 0 aromatic heterocycles. The van der Waals surface area contributed by atoms with Gasteiger partial charge in [0.1, 0.15) is 0 Å². The number of nitrogens with one attached hydrogen (secondary N) is 1. The molecule has 1 amide bonds. The van der Waals surface area contributed by atoms with E-state index in [0.29, 0.717) is 5.56 Å². The summed E-state index contributed by atoms with van der Waals surface area (Å²) in [5.74, 6) is -1.10. The van der Waals surface area contributed by atoms with Crippen LogP contribution < -0.4 is 5.32 Å². The molecule has 0 heterocycles. The number of fused-ring (bicyclic) bond motifs is 1. The van der Waals surface area contributed by atoms with Gasteiger partial charge in [0.15, 0.2) is 0 Å². The summed E-state index contributed by atoms with van der Waals surface area (Å²) in [6.45, 7) is 1.69. The first-order valence-electron chi connectivity index (χ1n) is 6.20. The zero-order valence-electron chi connectivity index (χ0n) is 10.4. The predicted molar refractivity (Wildman–Crippen MR) is 67.6 cm³/mol. The van der Waals surface area contributed by atoms with Crippen LogP contribution in [0.2, 0.25) is 0 Å². The fourth-order valence-corrected chi connectivity index (χ4v) is 2.33. The van der Waals surface area contributed by atoms with Crippen molar-refractivity contribution < 1.29 is 14.7 Å². The average molecular weight is 247 g/mol. The van der Waals surface area contributed by atoms with E-state index >= 15 is 0 Å². The monoisotopic (exact) mass is 247 g/mol. The van der Waals surface area contributed by atoms with Crippen LogP contribution in [-0.4, -0.2) is 23.0 Å². The van der Waals surface area contributed by atoms with E-state index in [9.17, 15) is 9.59 Å². The number of amides is 1. The lowest BCUT2D eigenvalue weighted by Gasteiger charge is -2.12. The first-order valence-corrected chi connectivity index (χ1v) is 6.20. The van der Waals surface area contributed by atoms with Gasteiger partial charge in [0.25, 0.3) is 5.91 Å². The van der Waals surface area contributed by atoms with Crippen molar-refractivity contribution in [2.24, 2.45) is 0 Å². The first-order chi connectivity index (χ1) is 8.56. The molecule has 0 spiro atoms. The van der Waals surface area contributed by atoms with Gasteiger partial charge in [-0.1, -0.05) is 6.07 Å². The number of carbonyl (C=O) groups excluding carboxylic acids is 1. The molecule has 18 heavy (non-hydrogen) atoms. The Morgan fingerprint density at radius 2 is 2.06 bits per heavy atom. The zero-order chi connectivity index (χ0) is 13.1. The molecule has 0 saturated carbocycles. The van der Waals surface area contributed by atoms with Crippen molar-refractivity contribution in [1.29, 1.82) is 0 Å². The Labute approximate surface area is 106 Å². The molecule has 1 atom stereocenters. The molecule has 1 aliphatic carbocycles. The highest BCUT2D eigenvalue weighted by atomic mass is 16.4. The molecule has 96 valence electrons. The number of hydrogen-bond donors (Lipinski definition) is 2. The second-order valence-corrected chi connectivity index (χ2v) is 4.81. The van der Waals surface area contributed by atoms with Crippen LogP contribution in [0.3, 0.4) is 0 Å². The number of carbonyl (C=O) groups is 2. The second-order valence-electron chi connectivity index (χ2n) is 4.81. The molecule has 1 aromatic carbocycles. The van der Waals surface area contributed by atoms with Crippen LogP contribution in [-0.2, 0) is 17.6 Å². The van der Waals surface area contributed by atoms with Crippen molar-refractivity contribution in [2.75, 3.05) is 0 Å². The summed E-state index contributed by atoms with van der Waals surface area (Å²) in [5, 5.41) is 11.3. The quantitative estimate of drug-likeness (QED) is 0.852. The van der Waals surface area contributed by atoms with Gasteiger partial charge in [-0.15, -0.1) is 0 Å². The number of benzene rings is 1. The fraction of sp³-hybridized carbons (Fsp3) is 0.429. The smallest absolute Gasteiger partial charge is 0.305 e. The molecule has 1 aromatic rings. The van der Waals surface area contributed by atoms with E-state index in [1.807, 2.05) is 18.2 Å². The van der Waals surface area contributed by atoms with Crippen LogP contribution >= 0.6 is 0 Å². The van der Waals surface area contributed by atoms with E-state index in [4.69, 9.17) is 5.11 Å². The van der Waals surface area contributed by atoms with Gasteiger partial charge in [0.05, 0.1) is 6.42 Å². The summed E-state index contributed by atoms with van der Waals surface area (Å²) in [6, 6.07) is 5.38. The topological polar surface area (TPSA) is 66.4 Å². The number of rotatable bonds is 4. The van der Waals surface area contributed by atoms with Crippen LogP contribution in [0.1, 0.15) is 41.3 Å². The van der Waals surface area contributed by atoms with E-state index in [-0.39, 0.29) is 18.4 Å². The Kier molecular flexibility index (Phi) is 3.65. The molecule has 4 heteroatoms. The van der Waals surface area contributed by atoms with Crippen molar-refractivity contribution in [2.45, 2.75) is 38.6 Å². The highest BCUT2D eigenvalue weighted by Gasteiger charge is 2.16. The number of hydrogen-bond acceptors (Lipinski definition) is 2. The standard InChI is InChI=1S/C14H17NO3/c1-9(7-13(16)17)15-14(18)12-6-5-10-3-2-4-11(10)8-12/h5-6,8-9H,2-4,7H2,1H3,(H,15,18)(H,16,17)/t9-/m1/s1. The lowest BCUT2D eigenvalue weighted by molar-refractivity contribution is -0.137. The number of aryl methyl sites for hydroxylation is 2. The van der Waals surface area contributed by atoms with Crippen molar-refractivity contribution >= 4 is 11.9 Å². The van der Waals surface area contributed by atoms with Crippen molar-refractivity contribution in [3.63, 3.8) is 0 Å². The van der Waals surface area contributed by atoms with Gasteiger partial charge >= 0.3 is 5.97 Å². The van der Waals surface area contributed by atoms with Gasteiger partial charge in [-0.2, -0.15) is 0 Å². The van der Waals surface area contributed by atoms with Gasteiger partial charge in [0.2, 0.25) is 0 Å². The lowest BCUT2D eigenvalue weighted by Crippen LogP contribution is -2.34. The van der Waals surface area contributed by atoms with Crippen molar-refractivity contribution in [3.8, 4) is 0 Å². The number of carboxylic acid groups (broad SMARTS) is 1. The third-order valence-electron chi connectivity index (χ3n) is 3.22. The van der Waals surface area contributed by atoms with Crippen LogP contribution in [0.25, 0.3) is 0 Å². The molecular formula is C14H17NO3. The predicted octanol–water partition coefficient (Wildman–Crippen LogP) is 1.77. The van der Waals surface area contributed by atoms with E-state index in [1.165, 1.54) is 11.1 Å². The fourth-order valence-electron chi connectivity index (χ4n) is 2.33. The molecule has 0 radical (unpaired) electrons. The van der Waals surface area contributed by atoms with Gasteiger partial charge in [0, 0.05) is 11.6 Å². The average Bonchev–Trinajstić information content (AvgIpc) is 2.74. The van der Waals surface area contributed by atoms with Gasteiger partial charge in [-0.05, 0) is 49.4 Å². The normalized spacial score (nSPS) is 14.9. The maximum Gasteiger partial charge on any atom is 0.305 e. The van der Waals surface area contributed by atoms with Crippen molar-refractivity contribution in [1.82, 2.24) is 5.32 Å². The third kappa shape index (κ3) is 2.88. The van der Waals surface area contributed by atoms with Crippen LogP contribution in [0, 0.1) is 0 Å². The maximum absolute atomic E-state index is 11.9. The lowest BCUT2D eigenvalue weighted by atomic mass is 10.1. The molecule has 0 saturated heterocycles. The van der Waals surface area contributed by atoms with Gasteiger partial charge in [-0.3, -0.25) is 9.59 Å². The van der Waals surface area contributed by atoms with E-state index in [1.54, 1.807) is 6.92 Å². The van der Waals surface area contributed by atoms with E-state index in [2.05, 4.69) is 5.32 Å². The summed E-state index contributed by atoms with van der Waals surface area (Å²) in [6.07, 6.45) is 3.21. The highest BCUT2D eigenvalue weighted by molar-refractivity contribution is 5.94. The minimum absolute atomic E-state index is 0.0588. The molecule has 1 aliphatic rings. The van der Waals surface area contributed by atoms with Crippen LogP contribution in [0.4, 0.5) is 0 Å². The second kappa shape index (κ2) is 5.21. The largest absolute Gasteiger partial charge is 0.481 e. The molecule has 4 nitrogen and oxygen atoms in total. The molecule has 0 aliphatic heterocycles. The Morgan fingerprint density at radius 3 is 2.78 bits per heavy atom. The number of carboxylic acids is 1. The number of aliphatic carboxylic acids is 1. The minimum atomic E-state index is -0.906. The van der Waals surface area contributed by atoms with Crippen molar-refractivity contribution in [3.05, 3.63) is 34.9 Å². The molecule has 0 unspecified atom stereocenters. The Morgan fingerprint density at radius 1 is 1.33 bits per heavy atom. The Bertz CT molecular complexity index is 482. The first kappa shape index (κ1) is 12.6. The van der Waals surface area contributed by atoms with E-state index < -0.39 is 5.97 Å². The molecule has 0 bridgehead atoms. The Hall–Kier alpha value is -1.84. The summed E-state index contributed by atoms with van der Waals surface area (Å²) in [4.78, 5) is 22.5. The molecule has 0 fully saturated rings. The maximum atomic E-state index is 11.9. The summed E-state index contributed by atoms with van der Waals surface area (Å²) in [7, 11) is 0. The molecular weight excluding hydrogens is 230 g/mol. The highest BCUT2D eigenvalue weighted by Crippen LogP contribution is 2.22. The van der Waals surface area contributed by atoms with E-state index in [0.717, 1.165) is 19.3 Å². The Balaban J connectivity index is 2.03. The molecule has 2 N–H and O–H groups in total. The van der Waals surface area contributed by atoms with Crippen LogP contribution in [0.5, 0.6) is 0 Å². The summed E-state index contributed by atoms with van der Waals surface area (Å²) in [5.41, 5.74) is 3.19. The van der Waals surface area contributed by atoms with Crippen LogP contribution in [0.15, 0.2) is 18.2 Å². The van der Waals surface area contributed by atoms with Gasteiger partial charge in [-0.25, -0.2) is 0 Å². The van der Waals surface area contributed by atoms with Gasteiger partial charge < -0.3 is 10.4 Å². The minimum Gasteiger partial charge on any atom is -0.481 e. The summed E-state index contributed by atoms with van der Waals surface area (Å²) < 4.78 is 0. The SMILES string of the molecule is C[C@H](CC(=O)O)NC(=O)c1ccc2c(c1)CCC2. The third-order valence-corrected chi connectivity index (χ3v) is 3.22.